The SMILES string of the molecule is CC(C)c1nnc(NC(=O)CSc2nc3ccccc3c(=O)n2-c2ccc(Cl)c(Cl)c2)o1. The number of benzene rings is 2. The summed E-state index contributed by atoms with van der Waals surface area (Å²) in [6, 6.07) is 11.9. The summed E-state index contributed by atoms with van der Waals surface area (Å²) >= 11 is 13.3. The molecule has 1 amide bonds. The molecule has 4 rings (SSSR count). The maximum atomic E-state index is 13.2. The number of fused-ring (bicyclic) bond motifs is 1. The van der Waals surface area contributed by atoms with Crippen molar-refractivity contribution >= 4 is 57.8 Å². The number of anilines is 1. The van der Waals surface area contributed by atoms with Gasteiger partial charge < -0.3 is 4.42 Å². The number of hydrogen-bond acceptors (Lipinski definition) is 7. The van der Waals surface area contributed by atoms with Gasteiger partial charge in [0.05, 0.1) is 32.4 Å². The number of nitrogens with one attached hydrogen (secondary N) is 1. The van der Waals surface area contributed by atoms with Crippen LogP contribution in [0.3, 0.4) is 0 Å². The molecule has 32 heavy (non-hydrogen) atoms. The number of thioether (sulfide) groups is 1. The molecule has 4 aromatic rings. The summed E-state index contributed by atoms with van der Waals surface area (Å²) in [4.78, 5) is 30.3. The number of amides is 1. The number of aromatic nitrogens is 4. The third kappa shape index (κ3) is 4.64. The van der Waals surface area contributed by atoms with Gasteiger partial charge in [-0.3, -0.25) is 19.5 Å². The lowest BCUT2D eigenvalue weighted by Crippen LogP contribution is -2.23. The van der Waals surface area contributed by atoms with E-state index >= 15 is 0 Å². The molecule has 0 unspecified atom stereocenters. The maximum absolute atomic E-state index is 13.2. The van der Waals surface area contributed by atoms with Gasteiger partial charge in [0.25, 0.3) is 5.56 Å². The fraction of sp³-hybridized carbons (Fsp3) is 0.190. The van der Waals surface area contributed by atoms with Crippen molar-refractivity contribution in [3.8, 4) is 5.69 Å². The van der Waals surface area contributed by atoms with Crippen LogP contribution in [0.1, 0.15) is 25.7 Å². The summed E-state index contributed by atoms with van der Waals surface area (Å²) in [5, 5.41) is 11.7. The highest BCUT2D eigenvalue weighted by Crippen LogP contribution is 2.27. The quantitative estimate of drug-likeness (QED) is 0.302. The monoisotopic (exact) mass is 489 g/mol. The van der Waals surface area contributed by atoms with Crippen molar-refractivity contribution in [3.63, 3.8) is 0 Å². The lowest BCUT2D eigenvalue weighted by molar-refractivity contribution is -0.113. The molecule has 0 atom stereocenters. The van der Waals surface area contributed by atoms with Crippen LogP contribution in [0.25, 0.3) is 16.6 Å². The van der Waals surface area contributed by atoms with Gasteiger partial charge in [-0.15, -0.1) is 5.10 Å². The standard InChI is InChI=1S/C21H17Cl2N5O3S/c1-11(2)18-26-27-20(31-18)25-17(29)10-32-21-24-16-6-4-3-5-13(16)19(30)28(21)12-7-8-14(22)15(23)9-12/h3-9,11H,10H2,1-2H3,(H,25,27,29). The van der Waals surface area contributed by atoms with Gasteiger partial charge in [-0.2, -0.15) is 0 Å². The molecule has 11 heteroatoms. The fourth-order valence-corrected chi connectivity index (χ4v) is 3.97. The average molecular weight is 490 g/mol. The van der Waals surface area contributed by atoms with Gasteiger partial charge in [-0.1, -0.05) is 66.0 Å². The second-order valence-corrected chi connectivity index (χ2v) is 8.84. The van der Waals surface area contributed by atoms with Gasteiger partial charge in [-0.05, 0) is 30.3 Å². The van der Waals surface area contributed by atoms with E-state index in [9.17, 15) is 9.59 Å². The molecule has 2 heterocycles. The normalized spacial score (nSPS) is 11.3. The van der Waals surface area contributed by atoms with Crippen LogP contribution >= 0.6 is 35.0 Å². The van der Waals surface area contributed by atoms with E-state index in [0.29, 0.717) is 37.7 Å². The minimum absolute atomic E-state index is 0.0210. The number of carbonyl (C=O) groups is 1. The Morgan fingerprint density at radius 2 is 1.94 bits per heavy atom. The summed E-state index contributed by atoms with van der Waals surface area (Å²) < 4.78 is 6.81. The van der Waals surface area contributed by atoms with Gasteiger partial charge in [0.2, 0.25) is 11.8 Å². The summed E-state index contributed by atoms with van der Waals surface area (Å²) in [6.45, 7) is 3.81. The minimum atomic E-state index is -0.378. The lowest BCUT2D eigenvalue weighted by Gasteiger charge is -2.13. The Kier molecular flexibility index (Phi) is 6.50. The third-order valence-electron chi connectivity index (χ3n) is 4.42. The molecule has 0 saturated heterocycles. The van der Waals surface area contributed by atoms with Crippen molar-refractivity contribution in [2.75, 3.05) is 11.1 Å². The van der Waals surface area contributed by atoms with Crippen LogP contribution in [0.15, 0.2) is 56.8 Å². The number of carbonyl (C=O) groups excluding carboxylic acids is 1. The predicted molar refractivity (Wildman–Crippen MR) is 125 cm³/mol. The van der Waals surface area contributed by atoms with Crippen molar-refractivity contribution < 1.29 is 9.21 Å². The van der Waals surface area contributed by atoms with Crippen molar-refractivity contribution in [2.24, 2.45) is 0 Å². The van der Waals surface area contributed by atoms with E-state index < -0.39 is 0 Å². The largest absolute Gasteiger partial charge is 0.408 e. The van der Waals surface area contributed by atoms with E-state index in [1.54, 1.807) is 42.5 Å². The third-order valence-corrected chi connectivity index (χ3v) is 6.10. The molecule has 0 aliphatic carbocycles. The predicted octanol–water partition coefficient (Wildman–Crippen LogP) is 4.93. The second-order valence-electron chi connectivity index (χ2n) is 7.09. The number of halogens is 2. The van der Waals surface area contributed by atoms with Crippen molar-refractivity contribution in [1.82, 2.24) is 19.7 Å². The highest BCUT2D eigenvalue weighted by molar-refractivity contribution is 7.99. The molecule has 1 N–H and O–H groups in total. The molecule has 0 bridgehead atoms. The Morgan fingerprint density at radius 1 is 1.16 bits per heavy atom. The van der Waals surface area contributed by atoms with Crippen LogP contribution in [0, 0.1) is 0 Å². The van der Waals surface area contributed by atoms with E-state index in [1.807, 2.05) is 13.8 Å². The van der Waals surface area contributed by atoms with E-state index in [0.717, 1.165) is 11.8 Å². The number of rotatable bonds is 6. The van der Waals surface area contributed by atoms with Gasteiger partial charge in [0.1, 0.15) is 0 Å². The molecule has 0 spiro atoms. The van der Waals surface area contributed by atoms with Crippen LogP contribution in [0.2, 0.25) is 10.0 Å². The van der Waals surface area contributed by atoms with Crippen LogP contribution in [-0.2, 0) is 4.79 Å². The molecule has 0 saturated carbocycles. The van der Waals surface area contributed by atoms with Crippen LogP contribution in [0.5, 0.6) is 0 Å². The first kappa shape index (κ1) is 22.3. The molecule has 0 fully saturated rings. The topological polar surface area (TPSA) is 103 Å². The van der Waals surface area contributed by atoms with Crippen molar-refractivity contribution in [3.05, 3.63) is 68.8 Å². The Balaban J connectivity index is 1.65. The zero-order valence-corrected chi connectivity index (χ0v) is 19.3. The molecule has 0 aliphatic heterocycles. The molecule has 2 aromatic carbocycles. The van der Waals surface area contributed by atoms with Crippen LogP contribution in [0.4, 0.5) is 6.01 Å². The number of para-hydroxylation sites is 1. The summed E-state index contributed by atoms with van der Waals surface area (Å²) in [5.74, 6) is 0.0607. The average Bonchev–Trinajstić information content (AvgIpc) is 3.23. The Hall–Kier alpha value is -2.88. The Bertz CT molecular complexity index is 1370. The van der Waals surface area contributed by atoms with Crippen molar-refractivity contribution in [2.45, 2.75) is 24.9 Å². The summed E-state index contributed by atoms with van der Waals surface area (Å²) in [7, 11) is 0. The molecular formula is C21H17Cl2N5O3S. The van der Waals surface area contributed by atoms with E-state index in [2.05, 4.69) is 20.5 Å². The number of nitrogens with zero attached hydrogens (tertiary/aromatic N) is 4. The molecular weight excluding hydrogens is 473 g/mol. The number of hydrogen-bond donors (Lipinski definition) is 1. The summed E-state index contributed by atoms with van der Waals surface area (Å²) in [5.41, 5.74) is 0.731. The van der Waals surface area contributed by atoms with E-state index in [4.69, 9.17) is 27.6 Å². The zero-order chi connectivity index (χ0) is 22.8. The van der Waals surface area contributed by atoms with Gasteiger partial charge in [0, 0.05) is 5.92 Å². The lowest BCUT2D eigenvalue weighted by atomic mass is 10.2. The van der Waals surface area contributed by atoms with Gasteiger partial charge in [0.15, 0.2) is 5.16 Å². The molecule has 2 aromatic heterocycles. The summed E-state index contributed by atoms with van der Waals surface area (Å²) in [6.07, 6.45) is 0. The smallest absolute Gasteiger partial charge is 0.322 e. The van der Waals surface area contributed by atoms with Gasteiger partial charge >= 0.3 is 6.01 Å². The zero-order valence-electron chi connectivity index (χ0n) is 17.0. The highest BCUT2D eigenvalue weighted by Gasteiger charge is 2.17. The fourth-order valence-electron chi connectivity index (χ4n) is 2.86. The van der Waals surface area contributed by atoms with E-state index in [1.165, 1.54) is 4.57 Å². The van der Waals surface area contributed by atoms with Crippen molar-refractivity contribution in [1.29, 1.82) is 0 Å². The second kappa shape index (κ2) is 9.32. The molecule has 0 radical (unpaired) electrons. The molecule has 8 nitrogen and oxygen atoms in total. The first-order valence-electron chi connectivity index (χ1n) is 9.56. The minimum Gasteiger partial charge on any atom is -0.408 e. The molecule has 0 aliphatic rings. The first-order chi connectivity index (χ1) is 15.3. The van der Waals surface area contributed by atoms with Crippen LogP contribution < -0.4 is 10.9 Å². The maximum Gasteiger partial charge on any atom is 0.322 e. The molecule has 164 valence electrons. The Morgan fingerprint density at radius 3 is 2.66 bits per heavy atom. The Labute approximate surface area is 197 Å². The van der Waals surface area contributed by atoms with Crippen LogP contribution in [-0.4, -0.2) is 31.4 Å². The van der Waals surface area contributed by atoms with E-state index in [-0.39, 0.29) is 29.2 Å². The van der Waals surface area contributed by atoms with Gasteiger partial charge in [-0.25, -0.2) is 4.98 Å². The first-order valence-corrected chi connectivity index (χ1v) is 11.3. The highest BCUT2D eigenvalue weighted by atomic mass is 35.5.